The minimum absolute atomic E-state index is 0.0792. The van der Waals surface area contributed by atoms with Crippen LogP contribution in [0.1, 0.15) is 5.56 Å². The van der Waals surface area contributed by atoms with Crippen molar-refractivity contribution in [1.82, 2.24) is 4.98 Å². The van der Waals surface area contributed by atoms with E-state index in [0.717, 1.165) is 16.5 Å². The highest BCUT2D eigenvalue weighted by Gasteiger charge is 2.34. The Balaban J connectivity index is 2.07. The van der Waals surface area contributed by atoms with Crippen LogP contribution in [-0.2, 0) is 20.7 Å². The summed E-state index contributed by atoms with van der Waals surface area (Å²) in [6, 6.07) is 6.23. The molecular formula is C17H22N2O7. The van der Waals surface area contributed by atoms with Crippen LogP contribution in [0.4, 0.5) is 0 Å². The van der Waals surface area contributed by atoms with E-state index in [-0.39, 0.29) is 12.7 Å². The number of esters is 1. The fourth-order valence-corrected chi connectivity index (χ4v) is 2.53. The number of benzene rings is 1. The first kappa shape index (κ1) is 18.5. The van der Waals surface area contributed by atoms with Crippen molar-refractivity contribution in [3.63, 3.8) is 0 Å². The van der Waals surface area contributed by atoms with Crippen molar-refractivity contribution in [2.45, 2.75) is 36.9 Å². The number of aromatic nitrogens is 1. The Morgan fingerprint density at radius 2 is 2.04 bits per heavy atom. The molecule has 5 atom stereocenters. The van der Waals surface area contributed by atoms with Gasteiger partial charge < -0.3 is 35.9 Å². The topological polar surface area (TPSA) is 166 Å². The molecule has 26 heavy (non-hydrogen) atoms. The fraction of sp³-hybridized carbons (Fsp3) is 0.412. The highest BCUT2D eigenvalue weighted by atomic mass is 16.6. The Morgan fingerprint density at radius 1 is 1.31 bits per heavy atom. The molecule has 2 rings (SSSR count). The minimum Gasteiger partial charge on any atom is -0.451 e. The summed E-state index contributed by atoms with van der Waals surface area (Å²) in [4.78, 5) is 26.5. The number of fused-ring (bicyclic) bond motifs is 1. The quantitative estimate of drug-likeness (QED) is 0.212. The molecule has 0 aliphatic rings. The van der Waals surface area contributed by atoms with Crippen LogP contribution in [-0.4, -0.2) is 74.7 Å². The zero-order valence-electron chi connectivity index (χ0n) is 14.8. The van der Waals surface area contributed by atoms with Gasteiger partial charge in [0.1, 0.15) is 25.8 Å². The van der Waals surface area contributed by atoms with Crippen LogP contribution in [0.3, 0.4) is 0 Å². The Labute approximate surface area is 150 Å². The predicted octanol–water partition coefficient (Wildman–Crippen LogP) is -1.78. The van der Waals surface area contributed by atoms with E-state index in [1.165, 1.54) is 0 Å². The maximum Gasteiger partial charge on any atom is 0.324 e. The zero-order chi connectivity index (χ0) is 20.0. The number of rotatable bonds is 10. The van der Waals surface area contributed by atoms with Crippen molar-refractivity contribution in [1.29, 1.82) is 0 Å². The van der Waals surface area contributed by atoms with Crippen molar-refractivity contribution >= 4 is 23.2 Å². The molecule has 0 unspecified atom stereocenters. The largest absolute Gasteiger partial charge is 0.451 e. The van der Waals surface area contributed by atoms with Gasteiger partial charge in [-0.2, -0.15) is 0 Å². The number of nitrogens with one attached hydrogen (secondary N) is 1. The van der Waals surface area contributed by atoms with E-state index in [0.29, 0.717) is 0 Å². The van der Waals surface area contributed by atoms with Crippen LogP contribution >= 0.6 is 0 Å². The summed E-state index contributed by atoms with van der Waals surface area (Å²) in [6.07, 6.45) is -5.44. The molecule has 7 N–H and O–H groups in total. The number of ether oxygens (including phenoxy) is 1. The standard InChI is InChI=1S/C17H22N2O7/c18-11(5-9-6-19-12-4-2-1-3-10(9)12)17(25)26-14(8-21)16(24)15(23)13(22)7-20/h1-4,6,8,11,13-16,19-20,22-24H,5,7,18H2/t11-,13+,14-,15+,16+/m0/s1/i/hD. The third-order valence-corrected chi connectivity index (χ3v) is 4.04. The second-order valence-electron chi connectivity index (χ2n) is 5.88. The molecule has 0 radical (unpaired) electrons. The third kappa shape index (κ3) is 4.45. The van der Waals surface area contributed by atoms with E-state index in [4.69, 9.17) is 11.3 Å². The van der Waals surface area contributed by atoms with Crippen molar-refractivity contribution in [2.24, 2.45) is 5.73 Å². The number of aliphatic hydroxyl groups is 4. The number of aldehydes is 1. The van der Waals surface area contributed by atoms with Gasteiger partial charge in [-0.3, -0.25) is 9.59 Å². The lowest BCUT2D eigenvalue weighted by Gasteiger charge is -2.26. The van der Waals surface area contributed by atoms with Gasteiger partial charge >= 0.3 is 5.97 Å². The van der Waals surface area contributed by atoms with Gasteiger partial charge in [-0.05, 0) is 11.6 Å². The molecule has 0 saturated heterocycles. The number of para-hydroxylation sites is 1. The SMILES string of the molecule is [2H]N[C@@H](Cc1c[nH]c2ccccc12)C(=O)O[C@@H](C=O)[C@@H](O)[C@H](O)[C@H](O)CO. The van der Waals surface area contributed by atoms with Gasteiger partial charge in [-0.15, -0.1) is 0 Å². The van der Waals surface area contributed by atoms with E-state index in [9.17, 15) is 24.9 Å². The fourth-order valence-electron chi connectivity index (χ4n) is 2.53. The first-order chi connectivity index (χ1) is 12.9. The van der Waals surface area contributed by atoms with Crippen LogP contribution < -0.4 is 5.73 Å². The van der Waals surface area contributed by atoms with E-state index >= 15 is 0 Å². The van der Waals surface area contributed by atoms with Crippen LogP contribution in [0.25, 0.3) is 10.9 Å². The van der Waals surface area contributed by atoms with Gasteiger partial charge in [0.05, 0.1) is 6.61 Å². The summed E-state index contributed by atoms with van der Waals surface area (Å²) in [6.45, 7) is -0.852. The normalized spacial score (nSPS) is 17.8. The second-order valence-corrected chi connectivity index (χ2v) is 5.88. The lowest BCUT2D eigenvalue weighted by molar-refractivity contribution is -0.169. The highest BCUT2D eigenvalue weighted by Crippen LogP contribution is 2.19. The highest BCUT2D eigenvalue weighted by molar-refractivity contribution is 5.85. The lowest BCUT2D eigenvalue weighted by atomic mass is 10.0. The van der Waals surface area contributed by atoms with Crippen LogP contribution in [0.15, 0.2) is 30.5 Å². The molecule has 1 aromatic heterocycles. The van der Waals surface area contributed by atoms with Gasteiger partial charge in [-0.25, -0.2) is 0 Å². The monoisotopic (exact) mass is 367 g/mol. The van der Waals surface area contributed by atoms with E-state index in [2.05, 4.69) is 4.98 Å². The van der Waals surface area contributed by atoms with E-state index in [1.807, 2.05) is 30.0 Å². The van der Waals surface area contributed by atoms with Gasteiger partial charge in [0.15, 0.2) is 12.4 Å². The number of carbonyl (C=O) groups excluding carboxylic acids is 2. The smallest absolute Gasteiger partial charge is 0.324 e. The van der Waals surface area contributed by atoms with Crippen molar-refractivity contribution in [3.05, 3.63) is 36.0 Å². The third-order valence-electron chi connectivity index (χ3n) is 4.04. The van der Waals surface area contributed by atoms with Gasteiger partial charge in [0, 0.05) is 23.5 Å². The zero-order valence-corrected chi connectivity index (χ0v) is 13.8. The first-order valence-corrected chi connectivity index (χ1v) is 7.96. The molecule has 9 nitrogen and oxygen atoms in total. The van der Waals surface area contributed by atoms with Crippen LogP contribution in [0.5, 0.6) is 0 Å². The molecule has 9 heteroatoms. The summed E-state index contributed by atoms with van der Waals surface area (Å²) in [5.41, 5.74) is 3.64. The summed E-state index contributed by atoms with van der Waals surface area (Å²) in [5, 5.41) is 38.5. The molecular weight excluding hydrogens is 344 g/mol. The molecule has 0 fully saturated rings. The number of hydrogen-bond donors (Lipinski definition) is 6. The Kier molecular flexibility index (Phi) is 6.31. The summed E-state index contributed by atoms with van der Waals surface area (Å²) in [5.74, 6) is -0.989. The molecule has 0 bridgehead atoms. The summed E-state index contributed by atoms with van der Waals surface area (Å²) in [7, 11) is 0. The lowest BCUT2D eigenvalue weighted by Crippen LogP contribution is -2.49. The summed E-state index contributed by atoms with van der Waals surface area (Å²) < 4.78 is 12.2. The molecule has 2 aromatic rings. The molecule has 0 aliphatic heterocycles. The molecule has 1 heterocycles. The predicted molar refractivity (Wildman–Crippen MR) is 91.0 cm³/mol. The van der Waals surface area contributed by atoms with E-state index in [1.54, 1.807) is 6.20 Å². The number of carbonyl (C=O) groups is 2. The maximum atomic E-state index is 12.3. The van der Waals surface area contributed by atoms with Crippen LogP contribution in [0, 0.1) is 0 Å². The van der Waals surface area contributed by atoms with Gasteiger partial charge in [-0.1, -0.05) is 18.2 Å². The first-order valence-electron chi connectivity index (χ1n) is 8.46. The number of aromatic amines is 1. The second kappa shape index (κ2) is 8.88. The maximum absolute atomic E-state index is 12.3. The summed E-state index contributed by atoms with van der Waals surface area (Å²) >= 11 is 0. The molecule has 0 amide bonds. The average molecular weight is 367 g/mol. The van der Waals surface area contributed by atoms with Crippen molar-refractivity contribution in [3.8, 4) is 0 Å². The molecule has 0 saturated carbocycles. The molecule has 142 valence electrons. The van der Waals surface area contributed by atoms with Crippen molar-refractivity contribution in [2.75, 3.05) is 6.61 Å². The van der Waals surface area contributed by atoms with Crippen molar-refractivity contribution < 1.29 is 36.2 Å². The molecule has 0 aliphatic carbocycles. The average Bonchev–Trinajstić information content (AvgIpc) is 3.11. The molecule has 1 aromatic carbocycles. The number of H-pyrrole nitrogens is 1. The Morgan fingerprint density at radius 3 is 2.69 bits per heavy atom. The Hall–Kier alpha value is -2.30. The Bertz CT molecular complexity index is 769. The number of hydrogen-bond acceptors (Lipinski definition) is 8. The van der Waals surface area contributed by atoms with E-state index < -0.39 is 43.0 Å². The molecule has 0 spiro atoms. The number of nitrogens with two attached hydrogens (primary N) is 1. The van der Waals surface area contributed by atoms with Gasteiger partial charge in [0.25, 0.3) is 0 Å². The van der Waals surface area contributed by atoms with Crippen LogP contribution in [0.2, 0.25) is 1.41 Å². The minimum atomic E-state index is -1.94. The van der Waals surface area contributed by atoms with Gasteiger partial charge in [0.2, 0.25) is 0 Å². The number of aliphatic hydroxyl groups excluding tert-OH is 4.